The van der Waals surface area contributed by atoms with Crippen LogP contribution in [-0.4, -0.2) is 29.0 Å². The topological polar surface area (TPSA) is 80.7 Å². The fraction of sp³-hybridized carbons (Fsp3) is 0.385. The van der Waals surface area contributed by atoms with Crippen molar-refractivity contribution in [2.75, 3.05) is 18.0 Å². The van der Waals surface area contributed by atoms with E-state index < -0.39 is 5.63 Å². The lowest BCUT2D eigenvalue weighted by Gasteiger charge is -2.37. The molecule has 0 fully saturated rings. The van der Waals surface area contributed by atoms with E-state index in [2.05, 4.69) is 21.1 Å². The highest BCUT2D eigenvalue weighted by atomic mass is 32.1. The van der Waals surface area contributed by atoms with E-state index in [1.165, 1.54) is 33.3 Å². The number of rotatable bonds is 2. The molecule has 0 radical (unpaired) electrons. The first-order valence-electron chi connectivity index (χ1n) is 12.1. The Morgan fingerprint density at radius 3 is 2.74 bits per heavy atom. The van der Waals surface area contributed by atoms with Gasteiger partial charge in [0, 0.05) is 34.6 Å². The molecule has 0 saturated heterocycles. The van der Waals surface area contributed by atoms with Crippen LogP contribution in [0.5, 0.6) is 0 Å². The lowest BCUT2D eigenvalue weighted by Crippen LogP contribution is -2.34. The predicted octanol–water partition coefficient (Wildman–Crippen LogP) is 4.02. The Morgan fingerprint density at radius 1 is 1.00 bits per heavy atom. The van der Waals surface area contributed by atoms with Crippen molar-refractivity contribution < 1.29 is 4.42 Å². The zero-order chi connectivity index (χ0) is 22.8. The van der Waals surface area contributed by atoms with Gasteiger partial charge in [-0.2, -0.15) is 9.78 Å². The molecule has 1 aliphatic carbocycles. The average molecular weight is 473 g/mol. The molecule has 4 aromatic rings. The third-order valence-corrected chi connectivity index (χ3v) is 8.62. The number of nitrogens with zero attached hydrogens (tertiary/aromatic N) is 4. The molecule has 0 bridgehead atoms. The molecular formula is C26H24N4O3S. The highest BCUT2D eigenvalue weighted by Gasteiger charge is 2.27. The summed E-state index contributed by atoms with van der Waals surface area (Å²) in [6, 6.07) is 4.00. The van der Waals surface area contributed by atoms with E-state index in [0.717, 1.165) is 85.8 Å². The number of aryl methyl sites for hydroxylation is 4. The maximum Gasteiger partial charge on any atom is 0.345 e. The van der Waals surface area contributed by atoms with Crippen LogP contribution in [-0.2, 0) is 25.7 Å². The van der Waals surface area contributed by atoms with Gasteiger partial charge in [-0.3, -0.25) is 4.79 Å². The number of anilines is 1. The molecule has 0 atom stereocenters. The largest absolute Gasteiger partial charge is 0.422 e. The molecule has 2 aliphatic heterocycles. The molecule has 172 valence electrons. The van der Waals surface area contributed by atoms with Crippen molar-refractivity contribution in [3.05, 3.63) is 66.4 Å². The molecule has 7 nitrogen and oxygen atoms in total. The minimum atomic E-state index is -0.435. The molecular weight excluding hydrogens is 448 g/mol. The van der Waals surface area contributed by atoms with E-state index in [0.29, 0.717) is 16.5 Å². The third kappa shape index (κ3) is 3.01. The summed E-state index contributed by atoms with van der Waals surface area (Å²) in [5.41, 5.74) is 5.32. The van der Waals surface area contributed by atoms with Gasteiger partial charge in [0.15, 0.2) is 0 Å². The SMILES string of the molecule is O=c1oc2c3c4c(cc2cc1C=Nn1cnc2sc5c(c2c1=O)CCCC5)CCCN4CCC3. The van der Waals surface area contributed by atoms with Crippen LogP contribution in [0.4, 0.5) is 5.69 Å². The van der Waals surface area contributed by atoms with Gasteiger partial charge in [0.25, 0.3) is 5.56 Å². The Kier molecular flexibility index (Phi) is 4.52. The van der Waals surface area contributed by atoms with E-state index in [1.807, 2.05) is 6.07 Å². The van der Waals surface area contributed by atoms with E-state index >= 15 is 0 Å². The monoisotopic (exact) mass is 472 g/mol. The predicted molar refractivity (Wildman–Crippen MR) is 135 cm³/mol. The Labute approximate surface area is 199 Å². The number of fused-ring (bicyclic) bond motifs is 5. The molecule has 0 spiro atoms. The first kappa shape index (κ1) is 20.1. The third-order valence-electron chi connectivity index (χ3n) is 7.42. The second kappa shape index (κ2) is 7.63. The summed E-state index contributed by atoms with van der Waals surface area (Å²) in [5.74, 6) is 0. The van der Waals surface area contributed by atoms with Gasteiger partial charge in [-0.25, -0.2) is 9.78 Å². The highest BCUT2D eigenvalue weighted by Crippen LogP contribution is 2.39. The summed E-state index contributed by atoms with van der Waals surface area (Å²) in [6.45, 7) is 2.14. The van der Waals surface area contributed by atoms with Crippen molar-refractivity contribution in [2.24, 2.45) is 5.10 Å². The molecule has 0 N–H and O–H groups in total. The Bertz CT molecular complexity index is 1630. The molecule has 8 heteroatoms. The maximum absolute atomic E-state index is 13.2. The molecule has 0 unspecified atom stereocenters. The number of benzene rings is 1. The van der Waals surface area contributed by atoms with Crippen molar-refractivity contribution in [1.82, 2.24) is 9.66 Å². The minimum Gasteiger partial charge on any atom is -0.422 e. The van der Waals surface area contributed by atoms with Crippen LogP contribution in [0.15, 0.2) is 37.6 Å². The Hall–Kier alpha value is -3.26. The van der Waals surface area contributed by atoms with Crippen LogP contribution in [0.3, 0.4) is 0 Å². The standard InChI is InChI=1S/C26H24N4O3S/c31-25-21-18-6-1-2-8-20(18)34-24(21)27-14-30(25)28-13-17-12-16-11-15-5-3-9-29-10-4-7-19(22(15)29)23(16)33-26(17)32/h11-14H,1-10H2. The van der Waals surface area contributed by atoms with E-state index in [1.54, 1.807) is 11.3 Å². The summed E-state index contributed by atoms with van der Waals surface area (Å²) in [6.07, 6.45) is 11.2. The van der Waals surface area contributed by atoms with Crippen LogP contribution in [0.2, 0.25) is 0 Å². The smallest absolute Gasteiger partial charge is 0.345 e. The van der Waals surface area contributed by atoms with Gasteiger partial charge >= 0.3 is 5.63 Å². The van der Waals surface area contributed by atoms with Crippen LogP contribution in [0, 0.1) is 0 Å². The van der Waals surface area contributed by atoms with Crippen LogP contribution in [0.25, 0.3) is 21.2 Å². The van der Waals surface area contributed by atoms with Crippen molar-refractivity contribution in [3.63, 3.8) is 0 Å². The lowest BCUT2D eigenvalue weighted by atomic mass is 9.90. The summed E-state index contributed by atoms with van der Waals surface area (Å²) >= 11 is 1.62. The fourth-order valence-corrected chi connectivity index (χ4v) is 7.12. The number of hydrogen-bond acceptors (Lipinski definition) is 7. The van der Waals surface area contributed by atoms with E-state index in [4.69, 9.17) is 4.42 Å². The van der Waals surface area contributed by atoms with Crippen molar-refractivity contribution in [2.45, 2.75) is 51.4 Å². The maximum atomic E-state index is 13.2. The van der Waals surface area contributed by atoms with E-state index in [-0.39, 0.29) is 5.56 Å². The average Bonchev–Trinajstić information content (AvgIpc) is 3.24. The molecule has 5 heterocycles. The molecule has 3 aliphatic rings. The van der Waals surface area contributed by atoms with Crippen molar-refractivity contribution >= 4 is 44.4 Å². The number of hydrogen-bond donors (Lipinski definition) is 0. The minimum absolute atomic E-state index is 0.176. The normalized spacial score (nSPS) is 17.5. The molecule has 34 heavy (non-hydrogen) atoms. The number of aromatic nitrogens is 2. The van der Waals surface area contributed by atoms with Gasteiger partial charge in [-0.1, -0.05) is 0 Å². The molecule has 0 saturated carbocycles. The zero-order valence-electron chi connectivity index (χ0n) is 18.8. The second-order valence-electron chi connectivity index (χ2n) is 9.49. The van der Waals surface area contributed by atoms with Gasteiger partial charge in [-0.15, -0.1) is 11.3 Å². The van der Waals surface area contributed by atoms with Crippen molar-refractivity contribution in [3.8, 4) is 0 Å². The van der Waals surface area contributed by atoms with Gasteiger partial charge in [0.05, 0.1) is 17.2 Å². The summed E-state index contributed by atoms with van der Waals surface area (Å²) in [7, 11) is 0. The van der Waals surface area contributed by atoms with Crippen LogP contribution in [0.1, 0.15) is 52.8 Å². The first-order chi connectivity index (χ1) is 16.7. The highest BCUT2D eigenvalue weighted by molar-refractivity contribution is 7.18. The lowest BCUT2D eigenvalue weighted by molar-refractivity contribution is 0.548. The van der Waals surface area contributed by atoms with Gasteiger partial charge in [0.1, 0.15) is 16.7 Å². The summed E-state index contributed by atoms with van der Waals surface area (Å²) < 4.78 is 7.08. The van der Waals surface area contributed by atoms with Crippen LogP contribution >= 0.6 is 11.3 Å². The van der Waals surface area contributed by atoms with Gasteiger partial charge in [-0.05, 0) is 74.6 Å². The van der Waals surface area contributed by atoms with Crippen molar-refractivity contribution in [1.29, 1.82) is 0 Å². The van der Waals surface area contributed by atoms with Gasteiger partial charge < -0.3 is 9.32 Å². The molecule has 7 rings (SSSR count). The van der Waals surface area contributed by atoms with Gasteiger partial charge in [0.2, 0.25) is 0 Å². The Balaban J connectivity index is 1.32. The number of thiophene rings is 1. The molecule has 0 amide bonds. The first-order valence-corrected chi connectivity index (χ1v) is 12.9. The molecule has 1 aromatic carbocycles. The van der Waals surface area contributed by atoms with E-state index in [9.17, 15) is 9.59 Å². The quantitative estimate of drug-likeness (QED) is 0.325. The molecule has 3 aromatic heterocycles. The summed E-state index contributed by atoms with van der Waals surface area (Å²) in [4.78, 5) is 35.0. The van der Waals surface area contributed by atoms with Crippen LogP contribution < -0.4 is 16.1 Å². The fourth-order valence-electron chi connectivity index (χ4n) is 5.90. The zero-order valence-corrected chi connectivity index (χ0v) is 19.6. The second-order valence-corrected chi connectivity index (χ2v) is 10.6. The Morgan fingerprint density at radius 2 is 1.82 bits per heavy atom. The summed E-state index contributed by atoms with van der Waals surface area (Å²) in [5, 5.41) is 5.93.